The number of carbonyl (C=O) groups excluding carboxylic acids is 2. The molecule has 0 unspecified atom stereocenters. The molecule has 0 heterocycles. The molecule has 0 atom stereocenters. The van der Waals surface area contributed by atoms with Crippen molar-refractivity contribution >= 4 is 11.6 Å². The fourth-order valence-corrected chi connectivity index (χ4v) is 2.22. The number of alkyl halides is 6. The van der Waals surface area contributed by atoms with Gasteiger partial charge in [-0.1, -0.05) is 0 Å². The second-order valence-electron chi connectivity index (χ2n) is 4.98. The molecule has 2 nitrogen and oxygen atoms in total. The van der Waals surface area contributed by atoms with Crippen molar-refractivity contribution in [3.8, 4) is 0 Å². The molecule has 0 aliphatic heterocycles. The van der Waals surface area contributed by atoms with Crippen molar-refractivity contribution in [1.82, 2.24) is 0 Å². The summed E-state index contributed by atoms with van der Waals surface area (Å²) in [6.45, 7) is 0. The Morgan fingerprint density at radius 2 is 1.30 bits per heavy atom. The Hall–Kier alpha value is -2.00. The lowest BCUT2D eigenvalue weighted by molar-refractivity contribution is -0.423. The van der Waals surface area contributed by atoms with E-state index in [4.69, 9.17) is 0 Å². The van der Waals surface area contributed by atoms with Crippen LogP contribution in [0.1, 0.15) is 16.8 Å². The average molecular weight is 346 g/mol. The number of rotatable bonds is 4. The number of hydrogen-bond donors (Lipinski definition) is 0. The average Bonchev–Trinajstić information content (AvgIpc) is 2.35. The number of benzene rings is 1. The molecular weight excluding hydrogens is 340 g/mol. The third-order valence-corrected chi connectivity index (χ3v) is 3.40. The van der Waals surface area contributed by atoms with E-state index in [1.165, 1.54) is 0 Å². The largest absolute Gasteiger partial charge is 0.373 e. The summed E-state index contributed by atoms with van der Waals surface area (Å²) in [7, 11) is 0. The minimum Gasteiger partial charge on any atom is -0.298 e. The summed E-state index contributed by atoms with van der Waals surface area (Å²) in [5, 5.41) is 0. The predicted molar refractivity (Wildman–Crippen MR) is 58.6 cm³/mol. The molecule has 1 aromatic rings. The molecule has 1 aliphatic rings. The molecule has 0 bridgehead atoms. The minimum absolute atomic E-state index is 0.368. The lowest BCUT2D eigenvalue weighted by Crippen LogP contribution is -2.76. The maximum atomic E-state index is 13.0. The van der Waals surface area contributed by atoms with Gasteiger partial charge >= 0.3 is 17.8 Å². The summed E-state index contributed by atoms with van der Waals surface area (Å²) < 4.78 is 103. The van der Waals surface area contributed by atoms with Gasteiger partial charge in [-0.05, 0) is 12.1 Å². The Labute approximate surface area is 123 Å². The first-order chi connectivity index (χ1) is 10.3. The van der Waals surface area contributed by atoms with E-state index >= 15 is 0 Å². The summed E-state index contributed by atoms with van der Waals surface area (Å²) >= 11 is 0. The normalized spacial score (nSPS) is 21.6. The second kappa shape index (κ2) is 5.00. The van der Waals surface area contributed by atoms with Crippen molar-refractivity contribution in [3.05, 3.63) is 35.4 Å². The van der Waals surface area contributed by atoms with E-state index < -0.39 is 58.9 Å². The van der Waals surface area contributed by atoms with Crippen LogP contribution in [0, 0.1) is 17.6 Å². The molecule has 10 heteroatoms. The van der Waals surface area contributed by atoms with Crippen LogP contribution >= 0.6 is 0 Å². The number of halogens is 8. The van der Waals surface area contributed by atoms with Gasteiger partial charge in [0.05, 0.1) is 6.42 Å². The first-order valence-electron chi connectivity index (χ1n) is 5.98. The van der Waals surface area contributed by atoms with E-state index in [1.807, 2.05) is 0 Å². The Balaban J connectivity index is 2.21. The van der Waals surface area contributed by atoms with Gasteiger partial charge in [0.25, 0.3) is 0 Å². The van der Waals surface area contributed by atoms with Crippen LogP contribution in [0.4, 0.5) is 35.1 Å². The highest BCUT2D eigenvalue weighted by atomic mass is 19.4. The molecular formula is C13H6F8O2. The Kier molecular flexibility index (Phi) is 3.77. The number of Topliss-reactive ketones (excluding diaryl/α,β-unsaturated/α-hetero) is 2. The van der Waals surface area contributed by atoms with Crippen LogP contribution in [0.15, 0.2) is 18.2 Å². The van der Waals surface area contributed by atoms with Gasteiger partial charge in [-0.3, -0.25) is 9.59 Å². The highest BCUT2D eigenvalue weighted by molar-refractivity contribution is 6.09. The molecule has 0 saturated heterocycles. The SMILES string of the molecule is O=C(CC(=O)C1C(F)(F)C(F)(F)C1(F)F)c1cc(F)cc(F)c1. The smallest absolute Gasteiger partial charge is 0.298 e. The van der Waals surface area contributed by atoms with E-state index in [0.717, 1.165) is 0 Å². The topological polar surface area (TPSA) is 34.1 Å². The number of hydrogen-bond acceptors (Lipinski definition) is 2. The zero-order valence-electron chi connectivity index (χ0n) is 10.9. The van der Waals surface area contributed by atoms with Crippen molar-refractivity contribution in [2.45, 2.75) is 24.2 Å². The molecule has 0 N–H and O–H groups in total. The first-order valence-corrected chi connectivity index (χ1v) is 5.98. The van der Waals surface area contributed by atoms with E-state index in [-0.39, 0.29) is 0 Å². The van der Waals surface area contributed by atoms with Gasteiger partial charge in [0.1, 0.15) is 11.6 Å². The first kappa shape index (κ1) is 17.4. The van der Waals surface area contributed by atoms with E-state index in [0.29, 0.717) is 18.2 Å². The van der Waals surface area contributed by atoms with Gasteiger partial charge in [-0.25, -0.2) is 8.78 Å². The van der Waals surface area contributed by atoms with E-state index in [1.54, 1.807) is 0 Å². The molecule has 1 aliphatic carbocycles. The monoisotopic (exact) mass is 346 g/mol. The fraction of sp³-hybridized carbons (Fsp3) is 0.385. The van der Waals surface area contributed by atoms with E-state index in [2.05, 4.69) is 0 Å². The van der Waals surface area contributed by atoms with Crippen LogP contribution in [0.3, 0.4) is 0 Å². The molecule has 1 fully saturated rings. The Morgan fingerprint density at radius 1 is 0.870 bits per heavy atom. The van der Waals surface area contributed by atoms with Gasteiger partial charge in [0.2, 0.25) is 0 Å². The predicted octanol–water partition coefficient (Wildman–Crippen LogP) is 3.64. The fourth-order valence-electron chi connectivity index (χ4n) is 2.22. The summed E-state index contributed by atoms with van der Waals surface area (Å²) in [5.41, 5.74) is -0.770. The third-order valence-electron chi connectivity index (χ3n) is 3.40. The van der Waals surface area contributed by atoms with Crippen LogP contribution in [-0.4, -0.2) is 29.3 Å². The van der Waals surface area contributed by atoms with Crippen LogP contribution in [0.25, 0.3) is 0 Å². The van der Waals surface area contributed by atoms with Gasteiger partial charge in [-0.2, -0.15) is 26.3 Å². The zero-order valence-corrected chi connectivity index (χ0v) is 10.9. The maximum absolute atomic E-state index is 13.0. The van der Waals surface area contributed by atoms with Crippen LogP contribution in [0.5, 0.6) is 0 Å². The quantitative estimate of drug-likeness (QED) is 0.474. The Bertz CT molecular complexity index is 644. The zero-order chi connectivity index (χ0) is 17.8. The van der Waals surface area contributed by atoms with Crippen LogP contribution in [0.2, 0.25) is 0 Å². The third kappa shape index (κ3) is 2.40. The second-order valence-corrected chi connectivity index (χ2v) is 4.98. The Morgan fingerprint density at radius 3 is 1.74 bits per heavy atom. The van der Waals surface area contributed by atoms with Gasteiger partial charge < -0.3 is 0 Å². The lowest BCUT2D eigenvalue weighted by atomic mass is 9.69. The summed E-state index contributed by atoms with van der Waals surface area (Å²) in [6.07, 6.45) is -1.62. The van der Waals surface area contributed by atoms with Gasteiger partial charge in [-0.15, -0.1) is 0 Å². The van der Waals surface area contributed by atoms with E-state index in [9.17, 15) is 44.7 Å². The van der Waals surface area contributed by atoms with Crippen molar-refractivity contribution < 1.29 is 44.7 Å². The summed E-state index contributed by atoms with van der Waals surface area (Å²) in [5.74, 6) is -26.1. The van der Waals surface area contributed by atoms with Crippen LogP contribution < -0.4 is 0 Å². The molecule has 1 aromatic carbocycles. The number of carbonyl (C=O) groups is 2. The van der Waals surface area contributed by atoms with Crippen molar-refractivity contribution in [2.75, 3.05) is 0 Å². The molecule has 0 radical (unpaired) electrons. The summed E-state index contributed by atoms with van der Waals surface area (Å²) in [6, 6.07) is 1.27. The molecule has 126 valence electrons. The molecule has 1 saturated carbocycles. The maximum Gasteiger partial charge on any atom is 0.373 e. The molecule has 0 amide bonds. The highest BCUT2D eigenvalue weighted by Gasteiger charge is 2.91. The molecule has 23 heavy (non-hydrogen) atoms. The lowest BCUT2D eigenvalue weighted by Gasteiger charge is -2.49. The van der Waals surface area contributed by atoms with Crippen molar-refractivity contribution in [3.63, 3.8) is 0 Å². The molecule has 0 aromatic heterocycles. The molecule has 0 spiro atoms. The standard InChI is InChI=1S/C13H6F8O2/c14-6-1-5(2-7(15)3-6)8(22)4-9(23)10-11(16,17)13(20,21)12(10,18)19/h1-3,10H,4H2. The highest BCUT2D eigenvalue weighted by Crippen LogP contribution is 2.65. The molecule has 2 rings (SSSR count). The van der Waals surface area contributed by atoms with Crippen LogP contribution in [-0.2, 0) is 4.79 Å². The van der Waals surface area contributed by atoms with Crippen molar-refractivity contribution in [2.24, 2.45) is 5.92 Å². The minimum atomic E-state index is -5.71. The van der Waals surface area contributed by atoms with Gasteiger partial charge in [0.15, 0.2) is 17.5 Å². The van der Waals surface area contributed by atoms with Gasteiger partial charge in [0, 0.05) is 11.6 Å². The number of ketones is 2. The summed E-state index contributed by atoms with van der Waals surface area (Å²) in [4.78, 5) is 23.0. The van der Waals surface area contributed by atoms with Crippen molar-refractivity contribution in [1.29, 1.82) is 0 Å².